The molecule has 12 heavy (non-hydrogen) atoms. The van der Waals surface area contributed by atoms with Crippen LogP contribution < -0.4 is 10.6 Å². The molecule has 0 aliphatic heterocycles. The van der Waals surface area contributed by atoms with Gasteiger partial charge in [0.1, 0.15) is 0 Å². The van der Waals surface area contributed by atoms with Crippen LogP contribution in [0.5, 0.6) is 0 Å². The van der Waals surface area contributed by atoms with Crippen LogP contribution in [0.25, 0.3) is 0 Å². The molecule has 0 aliphatic carbocycles. The van der Waals surface area contributed by atoms with Gasteiger partial charge in [0.05, 0.1) is 12.5 Å². The van der Waals surface area contributed by atoms with Gasteiger partial charge in [-0.1, -0.05) is 6.92 Å². The quantitative estimate of drug-likeness (QED) is 0.622. The van der Waals surface area contributed by atoms with E-state index in [-0.39, 0.29) is 0 Å². The largest absolute Gasteiger partial charge is 0.472 e. The fraction of sp³-hybridized carbons (Fsp3) is 0.556. The molecule has 0 amide bonds. The van der Waals surface area contributed by atoms with Gasteiger partial charge in [0.15, 0.2) is 0 Å². The van der Waals surface area contributed by atoms with Gasteiger partial charge < -0.3 is 15.1 Å². The van der Waals surface area contributed by atoms with Crippen molar-refractivity contribution in [1.82, 2.24) is 10.6 Å². The van der Waals surface area contributed by atoms with E-state index in [2.05, 4.69) is 17.6 Å². The van der Waals surface area contributed by atoms with Crippen molar-refractivity contribution in [2.75, 3.05) is 19.6 Å². The Morgan fingerprint density at radius 2 is 2.17 bits per heavy atom. The predicted molar refractivity (Wildman–Crippen MR) is 49.0 cm³/mol. The molecule has 0 saturated heterocycles. The topological polar surface area (TPSA) is 37.2 Å². The Morgan fingerprint density at radius 3 is 2.83 bits per heavy atom. The molecule has 1 heterocycles. The first kappa shape index (κ1) is 9.29. The van der Waals surface area contributed by atoms with E-state index in [9.17, 15) is 0 Å². The first-order valence-electron chi connectivity index (χ1n) is 4.36. The summed E-state index contributed by atoms with van der Waals surface area (Å²) in [5.74, 6) is 0. The summed E-state index contributed by atoms with van der Waals surface area (Å²) in [4.78, 5) is 0. The minimum absolute atomic E-state index is 0.891. The third kappa shape index (κ3) is 3.55. The van der Waals surface area contributed by atoms with Crippen molar-refractivity contribution in [3.63, 3.8) is 0 Å². The Kier molecular flexibility index (Phi) is 4.49. The Hall–Kier alpha value is -0.800. The molecule has 0 radical (unpaired) electrons. The summed E-state index contributed by atoms with van der Waals surface area (Å²) < 4.78 is 4.94. The molecule has 0 aliphatic rings. The summed E-state index contributed by atoms with van der Waals surface area (Å²) in [6.07, 6.45) is 3.46. The van der Waals surface area contributed by atoms with E-state index in [4.69, 9.17) is 4.42 Å². The number of nitrogens with one attached hydrogen (secondary N) is 2. The second-order valence-electron chi connectivity index (χ2n) is 2.66. The van der Waals surface area contributed by atoms with Crippen LogP contribution in [0.15, 0.2) is 23.0 Å². The van der Waals surface area contributed by atoms with Crippen molar-refractivity contribution < 1.29 is 4.42 Å². The van der Waals surface area contributed by atoms with Gasteiger partial charge in [-0.05, 0) is 12.6 Å². The van der Waals surface area contributed by atoms with E-state index >= 15 is 0 Å². The van der Waals surface area contributed by atoms with Crippen LogP contribution in [0.1, 0.15) is 12.5 Å². The number of likely N-dealkylation sites (N-methyl/N-ethyl adjacent to an activating group) is 1. The second-order valence-corrected chi connectivity index (χ2v) is 2.66. The first-order valence-corrected chi connectivity index (χ1v) is 4.36. The van der Waals surface area contributed by atoms with Gasteiger partial charge in [-0.3, -0.25) is 0 Å². The van der Waals surface area contributed by atoms with Crippen molar-refractivity contribution in [2.24, 2.45) is 0 Å². The van der Waals surface area contributed by atoms with Crippen molar-refractivity contribution in [1.29, 1.82) is 0 Å². The standard InChI is InChI=1S/C9H16N2O/c1-2-10-4-5-11-7-9-3-6-12-8-9/h3,6,8,10-11H,2,4-5,7H2,1H3. The zero-order valence-electron chi connectivity index (χ0n) is 7.47. The van der Waals surface area contributed by atoms with E-state index in [1.807, 2.05) is 6.07 Å². The third-order valence-electron chi connectivity index (χ3n) is 1.64. The maximum atomic E-state index is 4.94. The Labute approximate surface area is 73.2 Å². The lowest BCUT2D eigenvalue weighted by molar-refractivity contribution is 0.559. The molecule has 0 aromatic carbocycles. The van der Waals surface area contributed by atoms with E-state index in [1.54, 1.807) is 12.5 Å². The lowest BCUT2D eigenvalue weighted by atomic mass is 10.3. The molecule has 2 N–H and O–H groups in total. The fourth-order valence-corrected chi connectivity index (χ4v) is 0.980. The highest BCUT2D eigenvalue weighted by molar-refractivity contribution is 5.04. The third-order valence-corrected chi connectivity index (χ3v) is 1.64. The fourth-order valence-electron chi connectivity index (χ4n) is 0.980. The minimum Gasteiger partial charge on any atom is -0.472 e. The smallest absolute Gasteiger partial charge is 0.0947 e. The minimum atomic E-state index is 0.891. The van der Waals surface area contributed by atoms with Gasteiger partial charge in [0, 0.05) is 25.2 Å². The van der Waals surface area contributed by atoms with Gasteiger partial charge in [-0.25, -0.2) is 0 Å². The van der Waals surface area contributed by atoms with Crippen LogP contribution in [0, 0.1) is 0 Å². The summed E-state index contributed by atoms with van der Waals surface area (Å²) in [6.45, 7) is 6.05. The molecular formula is C9H16N2O. The molecule has 1 aromatic rings. The molecule has 0 saturated carbocycles. The SMILES string of the molecule is CCNCCNCc1ccoc1. The van der Waals surface area contributed by atoms with Crippen LogP contribution >= 0.6 is 0 Å². The Balaban J connectivity index is 1.96. The highest BCUT2D eigenvalue weighted by Crippen LogP contribution is 1.97. The van der Waals surface area contributed by atoms with Gasteiger partial charge in [0.25, 0.3) is 0 Å². The molecule has 3 heteroatoms. The summed E-state index contributed by atoms with van der Waals surface area (Å²) in [6, 6.07) is 1.97. The van der Waals surface area contributed by atoms with Crippen molar-refractivity contribution in [3.8, 4) is 0 Å². The molecule has 0 atom stereocenters. The summed E-state index contributed by atoms with van der Waals surface area (Å²) >= 11 is 0. The zero-order chi connectivity index (χ0) is 8.65. The maximum absolute atomic E-state index is 4.94. The van der Waals surface area contributed by atoms with Crippen molar-refractivity contribution in [3.05, 3.63) is 24.2 Å². The zero-order valence-corrected chi connectivity index (χ0v) is 7.47. The van der Waals surface area contributed by atoms with Crippen LogP contribution in [0.4, 0.5) is 0 Å². The van der Waals surface area contributed by atoms with Gasteiger partial charge in [-0.15, -0.1) is 0 Å². The van der Waals surface area contributed by atoms with E-state index in [0.29, 0.717) is 0 Å². The number of rotatable bonds is 6. The number of furan rings is 1. The van der Waals surface area contributed by atoms with Crippen LogP contribution in [0.2, 0.25) is 0 Å². The molecule has 0 spiro atoms. The number of hydrogen-bond acceptors (Lipinski definition) is 3. The molecule has 0 fully saturated rings. The van der Waals surface area contributed by atoms with Gasteiger partial charge >= 0.3 is 0 Å². The predicted octanol–water partition coefficient (Wildman–Crippen LogP) is 0.979. The van der Waals surface area contributed by atoms with E-state index in [1.165, 1.54) is 5.56 Å². The molecule has 1 rings (SSSR count). The van der Waals surface area contributed by atoms with E-state index in [0.717, 1.165) is 26.2 Å². The molecule has 68 valence electrons. The van der Waals surface area contributed by atoms with Crippen LogP contribution in [-0.2, 0) is 6.54 Å². The van der Waals surface area contributed by atoms with Crippen LogP contribution in [0.3, 0.4) is 0 Å². The first-order chi connectivity index (χ1) is 5.93. The molecular weight excluding hydrogens is 152 g/mol. The number of hydrogen-bond donors (Lipinski definition) is 2. The highest BCUT2D eigenvalue weighted by atomic mass is 16.3. The normalized spacial score (nSPS) is 10.4. The van der Waals surface area contributed by atoms with Gasteiger partial charge in [0.2, 0.25) is 0 Å². The monoisotopic (exact) mass is 168 g/mol. The summed E-state index contributed by atoms with van der Waals surface area (Å²) in [5.41, 5.74) is 1.20. The van der Waals surface area contributed by atoms with Crippen molar-refractivity contribution >= 4 is 0 Å². The second kappa shape index (κ2) is 5.80. The van der Waals surface area contributed by atoms with E-state index < -0.39 is 0 Å². The maximum Gasteiger partial charge on any atom is 0.0947 e. The lowest BCUT2D eigenvalue weighted by Gasteiger charge is -2.02. The van der Waals surface area contributed by atoms with Crippen LogP contribution in [-0.4, -0.2) is 19.6 Å². The average Bonchev–Trinajstić information content (AvgIpc) is 2.57. The summed E-state index contributed by atoms with van der Waals surface area (Å²) in [5, 5.41) is 6.54. The Bertz CT molecular complexity index is 184. The molecule has 3 nitrogen and oxygen atoms in total. The molecule has 0 bridgehead atoms. The molecule has 0 unspecified atom stereocenters. The highest BCUT2D eigenvalue weighted by Gasteiger charge is 1.91. The van der Waals surface area contributed by atoms with Crippen molar-refractivity contribution in [2.45, 2.75) is 13.5 Å². The lowest BCUT2D eigenvalue weighted by Crippen LogP contribution is -2.26. The summed E-state index contributed by atoms with van der Waals surface area (Å²) in [7, 11) is 0. The van der Waals surface area contributed by atoms with Gasteiger partial charge in [-0.2, -0.15) is 0 Å². The average molecular weight is 168 g/mol. The Morgan fingerprint density at radius 1 is 1.33 bits per heavy atom. The molecule has 1 aromatic heterocycles.